The first kappa shape index (κ1) is 25.4. The molecule has 6 nitrogen and oxygen atoms in total. The van der Waals surface area contributed by atoms with Crippen molar-refractivity contribution in [3.05, 3.63) is 53.6 Å². The van der Waals surface area contributed by atoms with Crippen LogP contribution >= 0.6 is 0 Å². The summed E-state index contributed by atoms with van der Waals surface area (Å²) in [5.74, 6) is 4.00. The van der Waals surface area contributed by atoms with Gasteiger partial charge in [0.15, 0.2) is 17.6 Å². The lowest BCUT2D eigenvalue weighted by atomic mass is 10.1. The molecule has 2 aromatic rings. The summed E-state index contributed by atoms with van der Waals surface area (Å²) in [7, 11) is 1.52. The zero-order chi connectivity index (χ0) is 24.3. The van der Waals surface area contributed by atoms with Crippen molar-refractivity contribution in [2.24, 2.45) is 0 Å². The summed E-state index contributed by atoms with van der Waals surface area (Å²) in [6.45, 7) is -0.170. The van der Waals surface area contributed by atoms with Gasteiger partial charge in [-0.15, -0.1) is 26.0 Å². The van der Waals surface area contributed by atoms with Crippen molar-refractivity contribution in [3.8, 4) is 41.9 Å². The molecule has 0 saturated heterocycles. The molecule has 0 aromatic heterocycles. The SMILES string of the molecule is C#CCOc1ccc(CCNC(=O)C(OCC#C)c2ccc(OC)cc2)cc1OC(F)(F)F. The van der Waals surface area contributed by atoms with Gasteiger partial charge in [-0.3, -0.25) is 4.79 Å². The fraction of sp³-hybridized carbons (Fsp3) is 0.292. The van der Waals surface area contributed by atoms with Crippen LogP contribution in [0.2, 0.25) is 0 Å². The summed E-state index contributed by atoms with van der Waals surface area (Å²) in [4.78, 5) is 12.7. The molecule has 0 heterocycles. The number of ether oxygens (including phenoxy) is 4. The Balaban J connectivity index is 2.06. The topological polar surface area (TPSA) is 66.0 Å². The molecule has 1 unspecified atom stereocenters. The molecule has 0 fully saturated rings. The van der Waals surface area contributed by atoms with Gasteiger partial charge in [-0.05, 0) is 41.8 Å². The van der Waals surface area contributed by atoms with E-state index >= 15 is 0 Å². The lowest BCUT2D eigenvalue weighted by Gasteiger charge is -2.18. The van der Waals surface area contributed by atoms with Crippen LogP contribution in [-0.4, -0.2) is 39.1 Å². The fourth-order valence-corrected chi connectivity index (χ4v) is 2.81. The number of terminal acetylenes is 2. The Morgan fingerprint density at radius 3 is 2.36 bits per heavy atom. The van der Waals surface area contributed by atoms with Crippen molar-refractivity contribution < 1.29 is 36.9 Å². The van der Waals surface area contributed by atoms with Crippen LogP contribution in [-0.2, 0) is 16.0 Å². The Bertz CT molecular complexity index is 1010. The molecule has 1 atom stereocenters. The van der Waals surface area contributed by atoms with E-state index in [2.05, 4.69) is 21.9 Å². The third kappa shape index (κ3) is 8.32. The predicted octanol–water partition coefficient (Wildman–Crippen LogP) is 3.66. The smallest absolute Gasteiger partial charge is 0.497 e. The van der Waals surface area contributed by atoms with Crippen molar-refractivity contribution in [1.82, 2.24) is 5.32 Å². The molecule has 33 heavy (non-hydrogen) atoms. The number of methoxy groups -OCH3 is 1. The average Bonchev–Trinajstić information content (AvgIpc) is 2.78. The molecule has 0 aliphatic heterocycles. The molecule has 2 rings (SSSR count). The van der Waals surface area contributed by atoms with Crippen LogP contribution in [0, 0.1) is 24.7 Å². The Kier molecular flexibility index (Phi) is 9.46. The number of amides is 1. The molecular formula is C24H22F3NO5. The quantitative estimate of drug-likeness (QED) is 0.518. The maximum absolute atomic E-state index is 12.7. The summed E-state index contributed by atoms with van der Waals surface area (Å²) in [5, 5.41) is 2.70. The van der Waals surface area contributed by atoms with Crippen LogP contribution in [0.15, 0.2) is 42.5 Å². The van der Waals surface area contributed by atoms with Crippen LogP contribution in [0.5, 0.6) is 17.2 Å². The standard InChI is InChI=1S/C24H22F3NO5/c1-4-14-31-20-11-6-17(16-21(20)33-24(25,26)27)12-13-28-23(29)22(32-15-5-2)18-7-9-19(30-3)10-8-18/h1-2,6-11,16,22H,12-15H2,3H3,(H,28,29). The van der Waals surface area contributed by atoms with E-state index in [0.29, 0.717) is 16.9 Å². The lowest BCUT2D eigenvalue weighted by Crippen LogP contribution is -2.32. The number of nitrogens with one attached hydrogen (secondary N) is 1. The van der Waals surface area contributed by atoms with Crippen LogP contribution in [0.3, 0.4) is 0 Å². The molecule has 1 N–H and O–H groups in total. The maximum Gasteiger partial charge on any atom is 0.573 e. The number of alkyl halides is 3. The molecule has 1 amide bonds. The maximum atomic E-state index is 12.7. The number of hydrogen-bond acceptors (Lipinski definition) is 5. The highest BCUT2D eigenvalue weighted by molar-refractivity contribution is 5.82. The molecule has 2 aromatic carbocycles. The number of benzene rings is 2. The number of carbonyl (C=O) groups is 1. The second-order valence-corrected chi connectivity index (χ2v) is 6.53. The van der Waals surface area contributed by atoms with Crippen molar-refractivity contribution in [2.75, 3.05) is 26.9 Å². The second-order valence-electron chi connectivity index (χ2n) is 6.53. The van der Waals surface area contributed by atoms with Gasteiger partial charge in [0, 0.05) is 6.54 Å². The third-order valence-corrected chi connectivity index (χ3v) is 4.25. The minimum atomic E-state index is -4.90. The van der Waals surface area contributed by atoms with E-state index in [0.717, 1.165) is 0 Å². The van der Waals surface area contributed by atoms with Gasteiger partial charge in [0.05, 0.1) is 7.11 Å². The van der Waals surface area contributed by atoms with Gasteiger partial charge in [0.1, 0.15) is 19.0 Å². The molecule has 0 bridgehead atoms. The van der Waals surface area contributed by atoms with E-state index < -0.39 is 24.1 Å². The number of carbonyl (C=O) groups excluding carboxylic acids is 1. The number of hydrogen-bond donors (Lipinski definition) is 1. The normalized spacial score (nSPS) is 11.6. The van der Waals surface area contributed by atoms with Gasteiger partial charge in [0.25, 0.3) is 5.91 Å². The highest BCUT2D eigenvalue weighted by atomic mass is 19.4. The molecule has 0 aliphatic rings. The van der Waals surface area contributed by atoms with E-state index in [1.165, 1.54) is 19.2 Å². The molecule has 0 radical (unpaired) electrons. The Labute approximate surface area is 190 Å². The van der Waals surface area contributed by atoms with Gasteiger partial charge < -0.3 is 24.3 Å². The van der Waals surface area contributed by atoms with E-state index in [1.54, 1.807) is 30.3 Å². The first-order valence-electron chi connectivity index (χ1n) is 9.69. The van der Waals surface area contributed by atoms with Crippen LogP contribution in [0.4, 0.5) is 13.2 Å². The zero-order valence-corrected chi connectivity index (χ0v) is 17.8. The lowest BCUT2D eigenvalue weighted by molar-refractivity contribution is -0.275. The predicted molar refractivity (Wildman–Crippen MR) is 115 cm³/mol. The molecule has 0 aliphatic carbocycles. The van der Waals surface area contributed by atoms with E-state index in [4.69, 9.17) is 27.1 Å². The summed E-state index contributed by atoms with van der Waals surface area (Å²) in [6.07, 6.45) is 4.68. The van der Waals surface area contributed by atoms with E-state index in [1.807, 2.05) is 0 Å². The van der Waals surface area contributed by atoms with Crippen molar-refractivity contribution in [3.63, 3.8) is 0 Å². The first-order valence-corrected chi connectivity index (χ1v) is 9.69. The van der Waals surface area contributed by atoms with Gasteiger partial charge >= 0.3 is 6.36 Å². The van der Waals surface area contributed by atoms with Gasteiger partial charge in [-0.1, -0.05) is 30.0 Å². The minimum absolute atomic E-state index is 0.0820. The molecular weight excluding hydrogens is 439 g/mol. The Hall–Kier alpha value is -3.82. The highest BCUT2D eigenvalue weighted by Gasteiger charge is 2.32. The van der Waals surface area contributed by atoms with Crippen LogP contribution in [0.25, 0.3) is 0 Å². The number of halogens is 3. The van der Waals surface area contributed by atoms with E-state index in [-0.39, 0.29) is 31.9 Å². The zero-order valence-electron chi connectivity index (χ0n) is 17.8. The fourth-order valence-electron chi connectivity index (χ4n) is 2.81. The number of rotatable bonds is 11. The highest BCUT2D eigenvalue weighted by Crippen LogP contribution is 2.33. The molecule has 0 saturated carbocycles. The minimum Gasteiger partial charge on any atom is -0.497 e. The summed E-state index contributed by atoms with van der Waals surface area (Å²) in [6, 6.07) is 10.8. The van der Waals surface area contributed by atoms with Crippen LogP contribution < -0.4 is 19.5 Å². The molecule has 174 valence electrons. The van der Waals surface area contributed by atoms with Crippen molar-refractivity contribution in [2.45, 2.75) is 18.9 Å². The molecule has 9 heteroatoms. The van der Waals surface area contributed by atoms with Crippen molar-refractivity contribution in [1.29, 1.82) is 0 Å². The Morgan fingerprint density at radius 2 is 1.76 bits per heavy atom. The third-order valence-electron chi connectivity index (χ3n) is 4.25. The largest absolute Gasteiger partial charge is 0.573 e. The molecule has 0 spiro atoms. The van der Waals surface area contributed by atoms with Crippen LogP contribution in [0.1, 0.15) is 17.2 Å². The summed E-state index contributed by atoms with van der Waals surface area (Å²) >= 11 is 0. The van der Waals surface area contributed by atoms with E-state index in [9.17, 15) is 18.0 Å². The second kappa shape index (κ2) is 12.3. The van der Waals surface area contributed by atoms with Gasteiger partial charge in [0.2, 0.25) is 0 Å². The first-order chi connectivity index (χ1) is 15.8. The van der Waals surface area contributed by atoms with Crippen molar-refractivity contribution >= 4 is 5.91 Å². The van der Waals surface area contributed by atoms with Gasteiger partial charge in [-0.25, -0.2) is 0 Å². The Morgan fingerprint density at radius 1 is 1.06 bits per heavy atom. The summed E-state index contributed by atoms with van der Waals surface area (Å²) < 4.78 is 57.9. The van der Waals surface area contributed by atoms with Gasteiger partial charge in [-0.2, -0.15) is 0 Å². The summed E-state index contributed by atoms with van der Waals surface area (Å²) in [5.41, 5.74) is 1.05. The monoisotopic (exact) mass is 461 g/mol. The average molecular weight is 461 g/mol.